The Balaban J connectivity index is 0. The van der Waals surface area contributed by atoms with Gasteiger partial charge in [-0.3, -0.25) is 0 Å². The van der Waals surface area contributed by atoms with Crippen molar-refractivity contribution in [3.8, 4) is 0 Å². The number of hydrogen-bond acceptors (Lipinski definition) is 1. The molecular formula is C9H15BrO. The van der Waals surface area contributed by atoms with E-state index >= 15 is 0 Å². The average Bonchev–Trinajstić information content (AvgIpc) is 2.10. The molecule has 64 valence electrons. The lowest BCUT2D eigenvalue weighted by atomic mass is 10.2. The van der Waals surface area contributed by atoms with Crippen molar-refractivity contribution in [2.45, 2.75) is 13.8 Å². The molecule has 0 fully saturated rings. The topological polar surface area (TPSA) is 20.2 Å². The van der Waals surface area contributed by atoms with Crippen molar-refractivity contribution in [3.63, 3.8) is 0 Å². The molecule has 0 saturated carbocycles. The van der Waals surface area contributed by atoms with Gasteiger partial charge in [0.1, 0.15) is 5.76 Å². The lowest BCUT2D eigenvalue weighted by molar-refractivity contribution is 0.428. The fraction of sp³-hybridized carbons (Fsp3) is 0.333. The molecule has 0 aliphatic rings. The highest BCUT2D eigenvalue weighted by Crippen LogP contribution is 2.06. The zero-order valence-corrected chi connectivity index (χ0v) is 8.69. The fourth-order valence-corrected chi connectivity index (χ4v) is 0.875. The van der Waals surface area contributed by atoms with Crippen LogP contribution in [0.1, 0.15) is 13.8 Å². The molecule has 0 atom stereocenters. The van der Waals surface area contributed by atoms with Crippen LogP contribution in [0.3, 0.4) is 0 Å². The van der Waals surface area contributed by atoms with E-state index in [1.807, 2.05) is 13.8 Å². The van der Waals surface area contributed by atoms with E-state index in [4.69, 9.17) is 5.11 Å². The average molecular weight is 219 g/mol. The van der Waals surface area contributed by atoms with E-state index in [0.29, 0.717) is 5.33 Å². The maximum atomic E-state index is 8.98. The summed E-state index contributed by atoms with van der Waals surface area (Å²) in [7, 11) is 0. The number of rotatable bonds is 3. The Morgan fingerprint density at radius 2 is 1.82 bits per heavy atom. The van der Waals surface area contributed by atoms with E-state index in [2.05, 4.69) is 29.1 Å². The molecule has 0 aromatic rings. The number of aliphatic hydroxyl groups is 1. The second kappa shape index (κ2) is 9.50. The minimum atomic E-state index is 0.182. The quantitative estimate of drug-likeness (QED) is 0.437. The van der Waals surface area contributed by atoms with Crippen molar-refractivity contribution in [1.29, 1.82) is 0 Å². The first-order chi connectivity index (χ1) is 5.26. The minimum Gasteiger partial charge on any atom is -0.508 e. The first kappa shape index (κ1) is 13.1. The standard InChI is InChI=1S/C7H9BrO.C2H6/c1-3-6(5-8)7(9)4-2;1-2/h3-4,9H,1-2,5H2;1-2H3/b7-6-;. The Morgan fingerprint density at radius 1 is 1.36 bits per heavy atom. The number of hydrogen-bond donors (Lipinski definition) is 1. The normalized spacial score (nSPS) is 10.5. The molecule has 0 heterocycles. The molecule has 0 rings (SSSR count). The molecule has 0 aliphatic carbocycles. The van der Waals surface area contributed by atoms with Crippen LogP contribution in [-0.4, -0.2) is 10.4 Å². The Kier molecular flexibility index (Phi) is 11.3. The van der Waals surface area contributed by atoms with Crippen LogP contribution in [0.25, 0.3) is 0 Å². The van der Waals surface area contributed by atoms with Gasteiger partial charge < -0.3 is 5.11 Å². The van der Waals surface area contributed by atoms with Crippen LogP contribution < -0.4 is 0 Å². The largest absolute Gasteiger partial charge is 0.508 e. The van der Waals surface area contributed by atoms with Crippen molar-refractivity contribution >= 4 is 15.9 Å². The van der Waals surface area contributed by atoms with E-state index in [1.54, 1.807) is 6.08 Å². The van der Waals surface area contributed by atoms with Crippen LogP contribution in [0.4, 0.5) is 0 Å². The number of aliphatic hydroxyl groups excluding tert-OH is 1. The van der Waals surface area contributed by atoms with Crippen LogP contribution >= 0.6 is 15.9 Å². The van der Waals surface area contributed by atoms with Gasteiger partial charge in [-0.1, -0.05) is 49.0 Å². The smallest absolute Gasteiger partial charge is 0.119 e. The number of halogens is 1. The highest BCUT2D eigenvalue weighted by Gasteiger charge is 1.93. The predicted molar refractivity (Wildman–Crippen MR) is 55.2 cm³/mol. The van der Waals surface area contributed by atoms with Gasteiger partial charge in [-0.05, 0) is 6.08 Å². The van der Waals surface area contributed by atoms with Crippen LogP contribution in [-0.2, 0) is 0 Å². The van der Waals surface area contributed by atoms with Gasteiger partial charge in [0.2, 0.25) is 0 Å². The molecule has 1 nitrogen and oxygen atoms in total. The molecule has 0 amide bonds. The van der Waals surface area contributed by atoms with E-state index in [9.17, 15) is 0 Å². The summed E-state index contributed by atoms with van der Waals surface area (Å²) in [6.45, 7) is 10.9. The summed E-state index contributed by atoms with van der Waals surface area (Å²) in [5, 5.41) is 9.58. The summed E-state index contributed by atoms with van der Waals surface area (Å²) < 4.78 is 0. The Hall–Kier alpha value is -0.500. The first-order valence-electron chi connectivity index (χ1n) is 3.49. The van der Waals surface area contributed by atoms with E-state index in [-0.39, 0.29) is 5.76 Å². The van der Waals surface area contributed by atoms with Crippen LogP contribution in [0.2, 0.25) is 0 Å². The third-order valence-corrected chi connectivity index (χ3v) is 1.52. The molecule has 0 aromatic heterocycles. The van der Waals surface area contributed by atoms with Crippen LogP contribution in [0.15, 0.2) is 36.6 Å². The van der Waals surface area contributed by atoms with Crippen LogP contribution in [0.5, 0.6) is 0 Å². The molecule has 0 bridgehead atoms. The summed E-state index contributed by atoms with van der Waals surface area (Å²) in [5.74, 6) is 0.182. The molecule has 0 aromatic carbocycles. The van der Waals surface area contributed by atoms with Gasteiger partial charge in [-0.25, -0.2) is 0 Å². The predicted octanol–water partition coefficient (Wildman–Crippen LogP) is 3.59. The summed E-state index contributed by atoms with van der Waals surface area (Å²) in [6, 6.07) is 0. The molecule has 2 heteroatoms. The summed E-state index contributed by atoms with van der Waals surface area (Å²) >= 11 is 3.18. The highest BCUT2D eigenvalue weighted by atomic mass is 79.9. The van der Waals surface area contributed by atoms with Gasteiger partial charge >= 0.3 is 0 Å². The molecule has 0 spiro atoms. The summed E-state index contributed by atoms with van der Waals surface area (Å²) in [5.41, 5.74) is 0.755. The van der Waals surface area contributed by atoms with Crippen molar-refractivity contribution < 1.29 is 5.11 Å². The Bertz CT molecular complexity index is 148. The summed E-state index contributed by atoms with van der Waals surface area (Å²) in [6.07, 6.45) is 2.98. The zero-order chi connectivity index (χ0) is 9.28. The second-order valence-electron chi connectivity index (χ2n) is 1.45. The highest BCUT2D eigenvalue weighted by molar-refractivity contribution is 9.09. The number of alkyl halides is 1. The van der Waals surface area contributed by atoms with Crippen molar-refractivity contribution in [2.24, 2.45) is 0 Å². The zero-order valence-electron chi connectivity index (χ0n) is 7.10. The van der Waals surface area contributed by atoms with Gasteiger partial charge in [-0.15, -0.1) is 0 Å². The maximum Gasteiger partial charge on any atom is 0.119 e. The van der Waals surface area contributed by atoms with E-state index in [0.717, 1.165) is 5.57 Å². The van der Waals surface area contributed by atoms with Gasteiger partial charge in [0.05, 0.1) is 0 Å². The molecular weight excluding hydrogens is 204 g/mol. The van der Waals surface area contributed by atoms with Crippen molar-refractivity contribution in [3.05, 3.63) is 36.6 Å². The van der Waals surface area contributed by atoms with Crippen molar-refractivity contribution in [1.82, 2.24) is 0 Å². The van der Waals surface area contributed by atoms with E-state index < -0.39 is 0 Å². The first-order valence-corrected chi connectivity index (χ1v) is 4.61. The van der Waals surface area contributed by atoms with Crippen molar-refractivity contribution in [2.75, 3.05) is 5.33 Å². The lowest BCUT2D eigenvalue weighted by Crippen LogP contribution is -1.84. The minimum absolute atomic E-state index is 0.182. The van der Waals surface area contributed by atoms with Gasteiger partial charge in [0.25, 0.3) is 0 Å². The van der Waals surface area contributed by atoms with Gasteiger partial charge in [0, 0.05) is 10.9 Å². The van der Waals surface area contributed by atoms with E-state index in [1.165, 1.54) is 6.08 Å². The third-order valence-electron chi connectivity index (χ3n) is 0.913. The molecule has 1 N–H and O–H groups in total. The molecule has 0 radical (unpaired) electrons. The van der Waals surface area contributed by atoms with Gasteiger partial charge in [0.15, 0.2) is 0 Å². The Morgan fingerprint density at radius 3 is 1.91 bits per heavy atom. The fourth-order valence-electron chi connectivity index (χ4n) is 0.359. The second-order valence-corrected chi connectivity index (χ2v) is 2.01. The molecule has 0 saturated heterocycles. The SMILES string of the molecule is C=C/C(O)=C(\C=C)CBr.CC. The molecule has 0 aliphatic heterocycles. The lowest BCUT2D eigenvalue weighted by Gasteiger charge is -1.95. The summed E-state index contributed by atoms with van der Waals surface area (Å²) in [4.78, 5) is 0. The third kappa shape index (κ3) is 5.92. The molecule has 0 unspecified atom stereocenters. The molecule has 11 heavy (non-hydrogen) atoms. The maximum absolute atomic E-state index is 8.98. The van der Waals surface area contributed by atoms with Crippen LogP contribution in [0, 0.1) is 0 Å². The monoisotopic (exact) mass is 218 g/mol. The van der Waals surface area contributed by atoms with Gasteiger partial charge in [-0.2, -0.15) is 0 Å². The number of allylic oxidation sites excluding steroid dienone is 3. The Labute approximate surface area is 77.3 Å².